The van der Waals surface area contributed by atoms with Gasteiger partial charge in [-0.05, 0) is 26.7 Å². The Morgan fingerprint density at radius 2 is 1.75 bits per heavy atom. The van der Waals surface area contributed by atoms with Gasteiger partial charge in [-0.3, -0.25) is 9.89 Å². The van der Waals surface area contributed by atoms with Gasteiger partial charge in [0, 0.05) is 76.2 Å². The molecule has 2 saturated heterocycles. The number of anilines is 1. The van der Waals surface area contributed by atoms with Crippen molar-refractivity contribution in [1.29, 1.82) is 0 Å². The second kappa shape index (κ2) is 13.3. The molecule has 3 unspecified atom stereocenters. The zero-order valence-corrected chi connectivity index (χ0v) is 22.4. The second-order valence-corrected chi connectivity index (χ2v) is 8.52. The summed E-state index contributed by atoms with van der Waals surface area (Å²) in [7, 11) is 5.20. The van der Waals surface area contributed by atoms with Crippen molar-refractivity contribution in [3.05, 3.63) is 18.2 Å². The van der Waals surface area contributed by atoms with Crippen LogP contribution in [0.1, 0.15) is 26.7 Å². The van der Waals surface area contributed by atoms with Gasteiger partial charge in [0.1, 0.15) is 11.5 Å². The highest BCUT2D eigenvalue weighted by Gasteiger charge is 2.25. The van der Waals surface area contributed by atoms with Crippen LogP contribution in [0.3, 0.4) is 0 Å². The SMILES string of the molecule is CN=C(NCCCN1CC(C)OC(C)C1)NC1CCN(c2cc(OC)cc(OC)c2)C1.I. The van der Waals surface area contributed by atoms with Gasteiger partial charge < -0.3 is 29.7 Å². The first-order chi connectivity index (χ1) is 15.0. The van der Waals surface area contributed by atoms with Crippen molar-refractivity contribution in [2.45, 2.75) is 44.9 Å². The third-order valence-corrected chi connectivity index (χ3v) is 5.89. The molecule has 2 heterocycles. The molecule has 3 rings (SSSR count). The van der Waals surface area contributed by atoms with Crippen LogP contribution in [0.2, 0.25) is 0 Å². The van der Waals surface area contributed by atoms with Crippen molar-refractivity contribution in [3.8, 4) is 11.5 Å². The number of aliphatic imine (C=N–C) groups is 1. The van der Waals surface area contributed by atoms with E-state index in [9.17, 15) is 0 Å². The number of methoxy groups -OCH3 is 2. The molecule has 2 aliphatic rings. The van der Waals surface area contributed by atoms with Gasteiger partial charge in [-0.15, -0.1) is 24.0 Å². The molecule has 0 aromatic heterocycles. The van der Waals surface area contributed by atoms with Crippen molar-refractivity contribution in [3.63, 3.8) is 0 Å². The van der Waals surface area contributed by atoms with E-state index in [2.05, 4.69) is 51.4 Å². The van der Waals surface area contributed by atoms with Crippen LogP contribution in [0, 0.1) is 0 Å². The molecule has 0 spiro atoms. The van der Waals surface area contributed by atoms with Gasteiger partial charge in [-0.1, -0.05) is 0 Å². The van der Waals surface area contributed by atoms with Crippen LogP contribution in [0.25, 0.3) is 0 Å². The smallest absolute Gasteiger partial charge is 0.191 e. The standard InChI is InChI=1S/C23H39N5O3.HI/c1-17-14-27(15-18(2)31-17)9-6-8-25-23(24-3)26-19-7-10-28(16-19)20-11-21(29-4)13-22(12-20)30-5;/h11-13,17-19H,6-10,14-16H2,1-5H3,(H2,24,25,26);1H. The number of hydrogen-bond donors (Lipinski definition) is 2. The molecule has 9 heteroatoms. The highest BCUT2D eigenvalue weighted by atomic mass is 127. The van der Waals surface area contributed by atoms with E-state index < -0.39 is 0 Å². The van der Waals surface area contributed by atoms with Crippen molar-refractivity contribution in [1.82, 2.24) is 15.5 Å². The predicted molar refractivity (Wildman–Crippen MR) is 141 cm³/mol. The fourth-order valence-corrected chi connectivity index (χ4v) is 4.45. The summed E-state index contributed by atoms with van der Waals surface area (Å²) in [6, 6.07) is 6.37. The van der Waals surface area contributed by atoms with Crippen LogP contribution >= 0.6 is 24.0 Å². The second-order valence-electron chi connectivity index (χ2n) is 8.52. The fraction of sp³-hybridized carbons (Fsp3) is 0.696. The summed E-state index contributed by atoms with van der Waals surface area (Å²) in [5.74, 6) is 2.50. The van der Waals surface area contributed by atoms with Gasteiger partial charge in [-0.2, -0.15) is 0 Å². The molecule has 3 atom stereocenters. The van der Waals surface area contributed by atoms with E-state index in [-0.39, 0.29) is 24.0 Å². The lowest BCUT2D eigenvalue weighted by atomic mass is 10.2. The number of rotatable bonds is 8. The maximum absolute atomic E-state index is 5.81. The monoisotopic (exact) mass is 561 g/mol. The highest BCUT2D eigenvalue weighted by molar-refractivity contribution is 14.0. The zero-order chi connectivity index (χ0) is 22.2. The predicted octanol–water partition coefficient (Wildman–Crippen LogP) is 2.56. The van der Waals surface area contributed by atoms with Gasteiger partial charge in [-0.25, -0.2) is 0 Å². The van der Waals surface area contributed by atoms with Crippen LogP contribution in [0.4, 0.5) is 5.69 Å². The lowest BCUT2D eigenvalue weighted by Gasteiger charge is -2.35. The summed E-state index contributed by atoms with van der Waals surface area (Å²) in [6.45, 7) is 10.2. The number of nitrogens with one attached hydrogen (secondary N) is 2. The Balaban J connectivity index is 0.00000363. The van der Waals surface area contributed by atoms with Crippen LogP contribution in [0.5, 0.6) is 11.5 Å². The first-order valence-electron chi connectivity index (χ1n) is 11.3. The average Bonchev–Trinajstić information content (AvgIpc) is 3.23. The number of benzene rings is 1. The number of hydrogen-bond acceptors (Lipinski definition) is 6. The summed E-state index contributed by atoms with van der Waals surface area (Å²) in [5, 5.41) is 7.05. The largest absolute Gasteiger partial charge is 0.497 e. The summed E-state index contributed by atoms with van der Waals surface area (Å²) in [6.07, 6.45) is 2.78. The summed E-state index contributed by atoms with van der Waals surface area (Å²) in [5.41, 5.74) is 1.12. The lowest BCUT2D eigenvalue weighted by Crippen LogP contribution is -2.47. The van der Waals surface area contributed by atoms with E-state index in [0.29, 0.717) is 18.2 Å². The molecule has 2 aliphatic heterocycles. The minimum Gasteiger partial charge on any atom is -0.497 e. The molecular formula is C23H40IN5O3. The van der Waals surface area contributed by atoms with Gasteiger partial charge in [0.25, 0.3) is 0 Å². The maximum Gasteiger partial charge on any atom is 0.191 e. The van der Waals surface area contributed by atoms with E-state index in [1.807, 2.05) is 13.1 Å². The van der Waals surface area contributed by atoms with Crippen molar-refractivity contribution in [2.75, 3.05) is 65.4 Å². The molecule has 0 bridgehead atoms. The molecular weight excluding hydrogens is 521 g/mol. The third-order valence-electron chi connectivity index (χ3n) is 5.89. The van der Waals surface area contributed by atoms with Gasteiger partial charge in [0.05, 0.1) is 26.4 Å². The minimum atomic E-state index is 0. The van der Waals surface area contributed by atoms with Gasteiger partial charge in [0.15, 0.2) is 5.96 Å². The number of guanidine groups is 1. The molecule has 1 aromatic carbocycles. The lowest BCUT2D eigenvalue weighted by molar-refractivity contribution is -0.0679. The Bertz CT molecular complexity index is 703. The van der Waals surface area contributed by atoms with Crippen LogP contribution in [-0.2, 0) is 4.74 Å². The van der Waals surface area contributed by atoms with E-state index in [4.69, 9.17) is 14.2 Å². The Hall–Kier alpha value is -1.46. The fourth-order valence-electron chi connectivity index (χ4n) is 4.45. The Labute approximate surface area is 210 Å². The average molecular weight is 562 g/mol. The molecule has 182 valence electrons. The molecule has 1 aromatic rings. The van der Waals surface area contributed by atoms with Crippen molar-refractivity contribution >= 4 is 35.6 Å². The Morgan fingerprint density at radius 1 is 1.09 bits per heavy atom. The molecule has 8 nitrogen and oxygen atoms in total. The minimum absolute atomic E-state index is 0. The first-order valence-corrected chi connectivity index (χ1v) is 11.3. The summed E-state index contributed by atoms with van der Waals surface area (Å²) in [4.78, 5) is 9.27. The molecule has 0 radical (unpaired) electrons. The quantitative estimate of drug-likeness (QED) is 0.219. The molecule has 0 amide bonds. The topological polar surface area (TPSA) is 70.6 Å². The van der Waals surface area contributed by atoms with Crippen molar-refractivity contribution < 1.29 is 14.2 Å². The summed E-state index contributed by atoms with van der Waals surface area (Å²) >= 11 is 0. The number of halogens is 1. The molecule has 32 heavy (non-hydrogen) atoms. The third kappa shape index (κ3) is 7.84. The number of ether oxygens (including phenoxy) is 3. The van der Waals surface area contributed by atoms with Gasteiger partial charge in [0.2, 0.25) is 0 Å². The van der Waals surface area contributed by atoms with E-state index in [1.54, 1.807) is 14.2 Å². The molecule has 0 saturated carbocycles. The molecule has 0 aliphatic carbocycles. The maximum atomic E-state index is 5.81. The van der Waals surface area contributed by atoms with Crippen LogP contribution in [0.15, 0.2) is 23.2 Å². The summed E-state index contributed by atoms with van der Waals surface area (Å²) < 4.78 is 16.6. The van der Waals surface area contributed by atoms with E-state index in [1.165, 1.54) is 0 Å². The molecule has 2 N–H and O–H groups in total. The Morgan fingerprint density at radius 3 is 2.34 bits per heavy atom. The van der Waals surface area contributed by atoms with Crippen LogP contribution < -0.4 is 25.0 Å². The van der Waals surface area contributed by atoms with Crippen LogP contribution in [-0.4, -0.2) is 89.6 Å². The van der Waals surface area contributed by atoms with Gasteiger partial charge >= 0.3 is 0 Å². The normalized spacial score (nSPS) is 24.1. The molecule has 2 fully saturated rings. The Kier molecular flexibility index (Phi) is 11.1. The van der Waals surface area contributed by atoms with E-state index >= 15 is 0 Å². The zero-order valence-electron chi connectivity index (χ0n) is 20.1. The number of morpholine rings is 1. The van der Waals surface area contributed by atoms with E-state index in [0.717, 1.165) is 75.3 Å². The first kappa shape index (κ1) is 26.8. The highest BCUT2D eigenvalue weighted by Crippen LogP contribution is 2.30. The van der Waals surface area contributed by atoms with Crippen molar-refractivity contribution in [2.24, 2.45) is 4.99 Å². The number of nitrogens with zero attached hydrogens (tertiary/aromatic N) is 3.